The van der Waals surface area contributed by atoms with Crippen molar-refractivity contribution in [2.45, 2.75) is 31.8 Å². The summed E-state index contributed by atoms with van der Waals surface area (Å²) in [5.41, 5.74) is 2.67. The molecule has 1 saturated carbocycles. The number of ether oxygens (including phenoxy) is 1. The van der Waals surface area contributed by atoms with Gasteiger partial charge in [0.15, 0.2) is 0 Å². The van der Waals surface area contributed by atoms with Gasteiger partial charge in [0, 0.05) is 12.1 Å². The van der Waals surface area contributed by atoms with Crippen molar-refractivity contribution in [1.29, 1.82) is 0 Å². The predicted octanol–water partition coefficient (Wildman–Crippen LogP) is 4.50. The maximum absolute atomic E-state index is 5.33. The van der Waals surface area contributed by atoms with Gasteiger partial charge in [0.25, 0.3) is 0 Å². The number of rotatable bonds is 6. The molecule has 2 nitrogen and oxygen atoms in total. The monoisotopic (exact) mass is 281 g/mol. The molecule has 2 aromatic rings. The number of hydrogen-bond acceptors (Lipinski definition) is 2. The summed E-state index contributed by atoms with van der Waals surface area (Å²) in [6.45, 7) is 2.23. The zero-order valence-electron chi connectivity index (χ0n) is 12.8. The van der Waals surface area contributed by atoms with Crippen molar-refractivity contribution in [3.63, 3.8) is 0 Å². The van der Waals surface area contributed by atoms with Crippen LogP contribution in [0, 0.1) is 5.92 Å². The molecule has 0 saturated heterocycles. The number of benzene rings is 2. The van der Waals surface area contributed by atoms with Crippen LogP contribution in [-0.2, 0) is 0 Å². The van der Waals surface area contributed by atoms with E-state index >= 15 is 0 Å². The summed E-state index contributed by atoms with van der Waals surface area (Å²) < 4.78 is 5.33. The second kappa shape index (κ2) is 6.31. The third kappa shape index (κ3) is 3.45. The maximum atomic E-state index is 5.33. The second-order valence-corrected chi connectivity index (χ2v) is 5.89. The van der Waals surface area contributed by atoms with E-state index in [-0.39, 0.29) is 0 Å². The zero-order valence-corrected chi connectivity index (χ0v) is 12.8. The first-order chi connectivity index (χ1) is 10.3. The third-order valence-electron chi connectivity index (χ3n) is 4.28. The Morgan fingerprint density at radius 3 is 2.38 bits per heavy atom. The smallest absolute Gasteiger partial charge is 0.119 e. The second-order valence-electron chi connectivity index (χ2n) is 5.89. The minimum atomic E-state index is 0.311. The summed E-state index contributed by atoms with van der Waals surface area (Å²) in [7, 11) is 1.72. The first-order valence-corrected chi connectivity index (χ1v) is 7.73. The lowest BCUT2D eigenvalue weighted by molar-refractivity contribution is 0.408. The Kier molecular flexibility index (Phi) is 4.26. The van der Waals surface area contributed by atoms with Crippen molar-refractivity contribution < 1.29 is 4.74 Å². The molecule has 1 unspecified atom stereocenters. The van der Waals surface area contributed by atoms with E-state index in [1.165, 1.54) is 24.0 Å². The topological polar surface area (TPSA) is 21.3 Å². The first-order valence-electron chi connectivity index (χ1n) is 7.73. The van der Waals surface area contributed by atoms with Crippen LogP contribution >= 0.6 is 0 Å². The van der Waals surface area contributed by atoms with Crippen molar-refractivity contribution >= 4 is 0 Å². The zero-order chi connectivity index (χ0) is 14.7. The highest BCUT2D eigenvalue weighted by Crippen LogP contribution is 2.42. The van der Waals surface area contributed by atoms with Gasteiger partial charge in [0.2, 0.25) is 0 Å². The molecule has 0 heterocycles. The number of hydrogen-bond donors (Lipinski definition) is 1. The fourth-order valence-electron chi connectivity index (χ4n) is 2.87. The molecule has 0 aromatic heterocycles. The average Bonchev–Trinajstić information content (AvgIpc) is 3.38. The van der Waals surface area contributed by atoms with E-state index in [2.05, 4.69) is 60.8 Å². The van der Waals surface area contributed by atoms with Crippen molar-refractivity contribution in [2.75, 3.05) is 7.11 Å². The Morgan fingerprint density at radius 2 is 1.71 bits per heavy atom. The summed E-state index contributed by atoms with van der Waals surface area (Å²) in [6, 6.07) is 19.9. The molecule has 0 spiro atoms. The summed E-state index contributed by atoms with van der Waals surface area (Å²) in [5, 5.41) is 3.81. The Labute approximate surface area is 127 Å². The minimum absolute atomic E-state index is 0.311. The molecular formula is C19H23NO. The number of methoxy groups -OCH3 is 1. The molecule has 1 N–H and O–H groups in total. The molecule has 1 fully saturated rings. The highest BCUT2D eigenvalue weighted by atomic mass is 16.5. The van der Waals surface area contributed by atoms with E-state index < -0.39 is 0 Å². The third-order valence-corrected chi connectivity index (χ3v) is 4.28. The lowest BCUT2D eigenvalue weighted by Gasteiger charge is -2.24. The molecule has 0 aliphatic heterocycles. The van der Waals surface area contributed by atoms with Crippen LogP contribution < -0.4 is 10.1 Å². The van der Waals surface area contributed by atoms with Crippen LogP contribution in [0.15, 0.2) is 54.6 Å². The van der Waals surface area contributed by atoms with Gasteiger partial charge in [-0.1, -0.05) is 42.5 Å². The van der Waals surface area contributed by atoms with Crippen molar-refractivity contribution in [2.24, 2.45) is 5.92 Å². The SMILES string of the molecule is COc1cccc([C@H](C)NC(c2ccccc2)C2CC2)c1. The molecule has 2 atom stereocenters. The summed E-state index contributed by atoms with van der Waals surface area (Å²) in [6.07, 6.45) is 2.66. The quantitative estimate of drug-likeness (QED) is 0.842. The van der Waals surface area contributed by atoms with Crippen molar-refractivity contribution in [3.8, 4) is 5.75 Å². The molecule has 1 aliphatic carbocycles. The fourth-order valence-corrected chi connectivity index (χ4v) is 2.87. The van der Waals surface area contributed by atoms with Gasteiger partial charge in [-0.05, 0) is 48.9 Å². The van der Waals surface area contributed by atoms with Crippen LogP contribution in [-0.4, -0.2) is 7.11 Å². The van der Waals surface area contributed by atoms with Gasteiger partial charge >= 0.3 is 0 Å². The lowest BCUT2D eigenvalue weighted by atomic mass is 9.99. The van der Waals surface area contributed by atoms with Crippen LogP contribution in [0.25, 0.3) is 0 Å². The Bertz CT molecular complexity index is 577. The standard InChI is InChI=1S/C19H23NO/c1-14(17-9-6-10-18(13-17)21-2)20-19(16-11-12-16)15-7-4-3-5-8-15/h3-10,13-14,16,19-20H,11-12H2,1-2H3/t14-,19?/m0/s1. The minimum Gasteiger partial charge on any atom is -0.497 e. The normalized spacial score (nSPS) is 17.2. The molecule has 3 rings (SSSR count). The molecule has 2 aromatic carbocycles. The first kappa shape index (κ1) is 14.2. The average molecular weight is 281 g/mol. The van der Waals surface area contributed by atoms with Gasteiger partial charge in [-0.25, -0.2) is 0 Å². The Hall–Kier alpha value is -1.80. The van der Waals surface area contributed by atoms with Gasteiger partial charge in [0.05, 0.1) is 7.11 Å². The molecule has 21 heavy (non-hydrogen) atoms. The van der Waals surface area contributed by atoms with E-state index in [0.717, 1.165) is 11.7 Å². The van der Waals surface area contributed by atoms with Crippen molar-refractivity contribution in [3.05, 3.63) is 65.7 Å². The molecule has 110 valence electrons. The highest BCUT2D eigenvalue weighted by Gasteiger charge is 2.33. The summed E-state index contributed by atoms with van der Waals surface area (Å²) >= 11 is 0. The van der Waals surface area contributed by atoms with Crippen LogP contribution in [0.2, 0.25) is 0 Å². The van der Waals surface area contributed by atoms with Gasteiger partial charge in [-0.15, -0.1) is 0 Å². The fraction of sp³-hybridized carbons (Fsp3) is 0.368. The molecule has 2 heteroatoms. The maximum Gasteiger partial charge on any atom is 0.119 e. The molecule has 0 amide bonds. The largest absolute Gasteiger partial charge is 0.497 e. The molecule has 0 radical (unpaired) electrons. The summed E-state index contributed by atoms with van der Waals surface area (Å²) in [5.74, 6) is 1.70. The van der Waals surface area contributed by atoms with Gasteiger partial charge in [-0.3, -0.25) is 0 Å². The lowest BCUT2D eigenvalue weighted by Crippen LogP contribution is -2.26. The molecule has 0 bridgehead atoms. The highest BCUT2D eigenvalue weighted by molar-refractivity contribution is 5.31. The van der Waals surface area contributed by atoms with Crippen LogP contribution in [0.1, 0.15) is 43.0 Å². The molecule has 1 aliphatic rings. The van der Waals surface area contributed by atoms with Crippen LogP contribution in [0.3, 0.4) is 0 Å². The van der Waals surface area contributed by atoms with Crippen molar-refractivity contribution in [1.82, 2.24) is 5.32 Å². The molecular weight excluding hydrogens is 258 g/mol. The predicted molar refractivity (Wildman–Crippen MR) is 86.5 cm³/mol. The van der Waals surface area contributed by atoms with Gasteiger partial charge in [0.1, 0.15) is 5.75 Å². The van der Waals surface area contributed by atoms with E-state index in [1.807, 2.05) is 6.07 Å². The number of nitrogens with one attached hydrogen (secondary N) is 1. The van der Waals surface area contributed by atoms with E-state index in [1.54, 1.807) is 7.11 Å². The van der Waals surface area contributed by atoms with E-state index in [9.17, 15) is 0 Å². The van der Waals surface area contributed by atoms with Gasteiger partial charge < -0.3 is 10.1 Å². The van der Waals surface area contributed by atoms with Crippen LogP contribution in [0.5, 0.6) is 5.75 Å². The van der Waals surface area contributed by atoms with Gasteiger partial charge in [-0.2, -0.15) is 0 Å². The van der Waals surface area contributed by atoms with Crippen LogP contribution in [0.4, 0.5) is 0 Å². The Morgan fingerprint density at radius 1 is 1.00 bits per heavy atom. The Balaban J connectivity index is 1.76. The van der Waals surface area contributed by atoms with E-state index in [4.69, 9.17) is 4.74 Å². The van der Waals surface area contributed by atoms with E-state index in [0.29, 0.717) is 12.1 Å². The summed E-state index contributed by atoms with van der Waals surface area (Å²) in [4.78, 5) is 0.